The van der Waals surface area contributed by atoms with Gasteiger partial charge in [-0.1, -0.05) is 69.2 Å². The summed E-state index contributed by atoms with van der Waals surface area (Å²) in [7, 11) is 0. The maximum absolute atomic E-state index is 11.8. The van der Waals surface area contributed by atoms with Crippen molar-refractivity contribution in [1.82, 2.24) is 0 Å². The summed E-state index contributed by atoms with van der Waals surface area (Å²) in [6.07, 6.45) is -9.05. The zero-order valence-electron chi connectivity index (χ0n) is 50.7. The zero-order chi connectivity index (χ0) is 59.3. The zero-order valence-corrected chi connectivity index (χ0v) is 50.7. The highest BCUT2D eigenvalue weighted by molar-refractivity contribution is 4.65. The lowest BCUT2D eigenvalue weighted by Crippen LogP contribution is -2.30. The molecule has 0 saturated carbocycles. The highest BCUT2D eigenvalue weighted by Crippen LogP contribution is 2.26. The molecular weight excluding hydrogens is 980 g/mol. The van der Waals surface area contributed by atoms with Crippen LogP contribution in [0.2, 0.25) is 0 Å². The Kier molecular flexibility index (Phi) is 106. The Bertz CT molecular complexity index is 706. The first-order valence-electron chi connectivity index (χ1n) is 27.5. The van der Waals surface area contributed by atoms with Crippen molar-refractivity contribution in [1.29, 1.82) is 0 Å². The average molecular weight is 1100 g/mol. The van der Waals surface area contributed by atoms with E-state index in [4.69, 9.17) is 33.2 Å². The molecule has 0 N–H and O–H groups in total. The summed E-state index contributed by atoms with van der Waals surface area (Å²) in [4.78, 5) is 0. The van der Waals surface area contributed by atoms with Gasteiger partial charge < -0.3 is 47.4 Å². The summed E-state index contributed by atoms with van der Waals surface area (Å²) in [5.74, 6) is 0. The van der Waals surface area contributed by atoms with E-state index in [2.05, 4.69) is 69.6 Å². The van der Waals surface area contributed by atoms with Crippen molar-refractivity contribution in [2.24, 2.45) is 0 Å². The van der Waals surface area contributed by atoms with Crippen LogP contribution < -0.4 is 0 Å². The molecule has 0 fully saturated rings. The average Bonchev–Trinajstić information content (AvgIpc) is 3.35. The van der Waals surface area contributed by atoms with Gasteiger partial charge in [0.05, 0.1) is 6.10 Å². The summed E-state index contributed by atoms with van der Waals surface area (Å²) in [5.41, 5.74) is 0. The molecule has 4 atom stereocenters. The van der Waals surface area contributed by atoms with Crippen molar-refractivity contribution < 1.29 is 86.9 Å². The van der Waals surface area contributed by atoms with Gasteiger partial charge in [0.25, 0.3) is 0 Å². The molecule has 0 rings (SSSR count). The van der Waals surface area contributed by atoms with Gasteiger partial charge in [0.1, 0.15) is 0 Å². The van der Waals surface area contributed by atoms with E-state index in [0.717, 1.165) is 131 Å². The van der Waals surface area contributed by atoms with Crippen LogP contribution >= 0.6 is 0 Å². The van der Waals surface area contributed by atoms with Crippen LogP contribution in [0.25, 0.3) is 0 Å². The molecule has 0 bridgehead atoms. The molecule has 0 aliphatic carbocycles. The van der Waals surface area contributed by atoms with Gasteiger partial charge in [0, 0.05) is 106 Å². The Balaban J connectivity index is -0.0000000762. The molecule has 458 valence electrons. The SMILES string of the molecule is CCCOCC.CCCOCC.CCCOCC.CCCOCC.CCCOCC.CCCOCC.CCOC(C)CC.CCOC(CC)C(F)(F)F.CCOC(CC)C(F)(F)F.CCOC(CC)C(F)(F)F. The predicted octanol–water partition coefficient (Wildman–Crippen LogP) is 17.5. The molecule has 0 aliphatic rings. The van der Waals surface area contributed by atoms with Gasteiger partial charge in [-0.2, -0.15) is 39.5 Å². The van der Waals surface area contributed by atoms with Crippen LogP contribution in [0.1, 0.15) is 210 Å². The van der Waals surface area contributed by atoms with Crippen LogP contribution in [0.4, 0.5) is 39.5 Å². The van der Waals surface area contributed by atoms with Crippen LogP contribution in [-0.2, 0) is 47.4 Å². The Morgan fingerprint density at radius 3 is 0.452 bits per heavy atom. The van der Waals surface area contributed by atoms with E-state index in [0.29, 0.717) is 6.10 Å². The number of hydrogen-bond acceptors (Lipinski definition) is 10. The second kappa shape index (κ2) is 82.3. The molecule has 0 heterocycles. The van der Waals surface area contributed by atoms with Crippen LogP contribution in [0, 0.1) is 0 Å². The van der Waals surface area contributed by atoms with Gasteiger partial charge in [-0.25, -0.2) is 0 Å². The maximum atomic E-state index is 11.8. The fourth-order valence-corrected chi connectivity index (χ4v) is 4.07. The topological polar surface area (TPSA) is 92.3 Å². The van der Waals surface area contributed by atoms with E-state index in [1.54, 1.807) is 20.8 Å². The number of alkyl halides is 9. The highest BCUT2D eigenvalue weighted by atomic mass is 19.4. The molecule has 0 aromatic rings. The molecule has 0 amide bonds. The van der Waals surface area contributed by atoms with Crippen LogP contribution in [0.15, 0.2) is 0 Å². The number of hydrogen-bond donors (Lipinski definition) is 0. The molecule has 0 aliphatic heterocycles. The van der Waals surface area contributed by atoms with Gasteiger partial charge in [0.2, 0.25) is 0 Å². The minimum atomic E-state index is -4.20. The normalized spacial score (nSPS) is 12.1. The summed E-state index contributed by atoms with van der Waals surface area (Å²) in [5, 5.41) is 0. The van der Waals surface area contributed by atoms with Gasteiger partial charge in [-0.3, -0.25) is 0 Å². The van der Waals surface area contributed by atoms with Gasteiger partial charge >= 0.3 is 18.5 Å². The van der Waals surface area contributed by atoms with Crippen molar-refractivity contribution in [2.45, 2.75) is 253 Å². The smallest absolute Gasteiger partial charge is 0.382 e. The second-order valence-electron chi connectivity index (χ2n) is 14.5. The quantitative estimate of drug-likeness (QED) is 0.0511. The molecule has 0 saturated heterocycles. The second-order valence-corrected chi connectivity index (χ2v) is 14.5. The summed E-state index contributed by atoms with van der Waals surface area (Å²) < 4.78 is 154. The predicted molar refractivity (Wildman–Crippen MR) is 287 cm³/mol. The molecule has 73 heavy (non-hydrogen) atoms. The summed E-state index contributed by atoms with van der Waals surface area (Å²) in [6, 6.07) is 0. The Morgan fingerprint density at radius 1 is 0.247 bits per heavy atom. The molecule has 19 heteroatoms. The Labute approximate surface area is 444 Å². The van der Waals surface area contributed by atoms with Gasteiger partial charge in [0.15, 0.2) is 18.3 Å². The summed E-state index contributed by atoms with van der Waals surface area (Å²) >= 11 is 0. The van der Waals surface area contributed by atoms with Gasteiger partial charge in [-0.05, 0) is 140 Å². The van der Waals surface area contributed by atoms with E-state index < -0.39 is 36.8 Å². The third-order valence-electron chi connectivity index (χ3n) is 7.65. The van der Waals surface area contributed by atoms with Crippen molar-refractivity contribution in [3.63, 3.8) is 0 Å². The standard InChI is InChI=1S/3C6H11F3O.C6H14O.6C5H12O/c3*1-3-5(10-4-2)6(7,8)9;1-4-6(3)7-5-2;6*1-3-5-6-4-2/h3*5H,3-4H2,1-2H3;6H,4-5H2,1-3H3;6*3-5H2,1-2H3. The molecule has 0 aromatic heterocycles. The van der Waals surface area contributed by atoms with E-state index in [-0.39, 0.29) is 39.1 Å². The molecular formula is C54H119F9O10. The fourth-order valence-electron chi connectivity index (χ4n) is 4.07. The first-order valence-corrected chi connectivity index (χ1v) is 27.5. The largest absolute Gasteiger partial charge is 0.414 e. The van der Waals surface area contributed by atoms with Crippen molar-refractivity contribution in [3.05, 3.63) is 0 Å². The van der Waals surface area contributed by atoms with Crippen molar-refractivity contribution >= 4 is 0 Å². The van der Waals surface area contributed by atoms with Crippen LogP contribution in [0.3, 0.4) is 0 Å². The number of rotatable bonds is 30. The first kappa shape index (κ1) is 94.4. The molecule has 0 aromatic carbocycles. The van der Waals surface area contributed by atoms with E-state index in [9.17, 15) is 39.5 Å². The van der Waals surface area contributed by atoms with E-state index in [1.807, 2.05) is 48.5 Å². The molecule has 0 spiro atoms. The van der Waals surface area contributed by atoms with E-state index >= 15 is 0 Å². The molecule has 10 nitrogen and oxygen atoms in total. The third-order valence-corrected chi connectivity index (χ3v) is 7.65. The highest BCUT2D eigenvalue weighted by Gasteiger charge is 2.40. The minimum absolute atomic E-state index is 0.0165. The third kappa shape index (κ3) is 112. The lowest BCUT2D eigenvalue weighted by atomic mass is 10.3. The van der Waals surface area contributed by atoms with Gasteiger partial charge in [-0.15, -0.1) is 0 Å². The summed E-state index contributed by atoms with van der Waals surface area (Å²) in [6.45, 7) is 51.7. The minimum Gasteiger partial charge on any atom is -0.382 e. The van der Waals surface area contributed by atoms with Crippen LogP contribution in [-0.4, -0.2) is 149 Å². The number of halogens is 9. The number of ether oxygens (including phenoxy) is 10. The van der Waals surface area contributed by atoms with Crippen LogP contribution in [0.5, 0.6) is 0 Å². The Hall–Kier alpha value is -1.03. The van der Waals surface area contributed by atoms with E-state index in [1.165, 1.54) is 20.8 Å². The van der Waals surface area contributed by atoms with Crippen molar-refractivity contribution in [3.8, 4) is 0 Å². The lowest BCUT2D eigenvalue weighted by molar-refractivity contribution is -0.219. The first-order chi connectivity index (χ1) is 34.4. The fraction of sp³-hybridized carbons (Fsp3) is 1.00. The molecule has 0 radical (unpaired) electrons. The maximum Gasteiger partial charge on any atom is 0.414 e. The Morgan fingerprint density at radius 2 is 0.411 bits per heavy atom. The van der Waals surface area contributed by atoms with Crippen molar-refractivity contribution in [2.75, 3.05) is 106 Å². The molecule has 4 unspecified atom stereocenters. The monoisotopic (exact) mass is 1100 g/mol. The lowest BCUT2D eigenvalue weighted by Gasteiger charge is -2.17.